The van der Waals surface area contributed by atoms with Crippen molar-refractivity contribution in [2.45, 2.75) is 18.8 Å². The van der Waals surface area contributed by atoms with E-state index in [4.69, 9.17) is 9.47 Å². The third-order valence-electron chi connectivity index (χ3n) is 4.19. The van der Waals surface area contributed by atoms with Crippen LogP contribution in [-0.4, -0.2) is 30.2 Å². The molecule has 2 aromatic rings. The molecule has 1 saturated heterocycles. The van der Waals surface area contributed by atoms with Crippen LogP contribution in [0.3, 0.4) is 0 Å². The number of nitrogens with zero attached hydrogens (tertiary/aromatic N) is 2. The van der Waals surface area contributed by atoms with Gasteiger partial charge in [0.1, 0.15) is 18.3 Å². The smallest absolute Gasteiger partial charge is 0.179 e. The first-order chi connectivity index (χ1) is 10.8. The molecule has 110 valence electrons. The monoisotopic (exact) mass is 292 g/mol. The van der Waals surface area contributed by atoms with E-state index in [1.54, 1.807) is 6.07 Å². The molecule has 2 unspecified atom stereocenters. The summed E-state index contributed by atoms with van der Waals surface area (Å²) in [5.74, 6) is 1.27. The number of benzene rings is 2. The van der Waals surface area contributed by atoms with Crippen LogP contribution in [0.15, 0.2) is 48.5 Å². The number of rotatable bonds is 2. The Morgan fingerprint density at radius 2 is 1.77 bits per heavy atom. The molecule has 0 aromatic heterocycles. The maximum absolute atomic E-state index is 9.18. The van der Waals surface area contributed by atoms with Crippen molar-refractivity contribution < 1.29 is 9.47 Å². The second-order valence-corrected chi connectivity index (χ2v) is 5.74. The van der Waals surface area contributed by atoms with E-state index in [0.717, 1.165) is 19.6 Å². The molecule has 0 spiro atoms. The fraction of sp³-hybridized carbons (Fsp3) is 0.278. The van der Waals surface area contributed by atoms with Crippen molar-refractivity contribution in [3.8, 4) is 17.6 Å². The molecule has 2 aliphatic heterocycles. The number of nitriles is 1. The van der Waals surface area contributed by atoms with E-state index in [1.165, 1.54) is 5.56 Å². The van der Waals surface area contributed by atoms with Gasteiger partial charge >= 0.3 is 0 Å². The summed E-state index contributed by atoms with van der Waals surface area (Å²) in [7, 11) is 0. The third-order valence-corrected chi connectivity index (χ3v) is 4.19. The van der Waals surface area contributed by atoms with Gasteiger partial charge in [-0.25, -0.2) is 0 Å². The molecule has 4 heteroatoms. The third kappa shape index (κ3) is 2.30. The number of fused-ring (bicyclic) bond motifs is 2. The van der Waals surface area contributed by atoms with Gasteiger partial charge < -0.3 is 9.47 Å². The number of hydrogen-bond acceptors (Lipinski definition) is 4. The summed E-state index contributed by atoms with van der Waals surface area (Å²) in [6.45, 7) is 2.55. The zero-order valence-electron chi connectivity index (χ0n) is 12.1. The lowest BCUT2D eigenvalue weighted by Crippen LogP contribution is -2.38. The first-order valence-electron chi connectivity index (χ1n) is 7.46. The molecule has 0 radical (unpaired) electrons. The van der Waals surface area contributed by atoms with Crippen molar-refractivity contribution in [2.24, 2.45) is 0 Å². The highest BCUT2D eigenvalue weighted by molar-refractivity contribution is 5.53. The molecule has 0 N–H and O–H groups in total. The van der Waals surface area contributed by atoms with Crippen molar-refractivity contribution in [1.29, 1.82) is 5.26 Å². The van der Waals surface area contributed by atoms with E-state index in [2.05, 4.69) is 35.2 Å². The normalized spacial score (nSPS) is 22.9. The Bertz CT molecular complexity index is 724. The van der Waals surface area contributed by atoms with Crippen molar-refractivity contribution in [3.05, 3.63) is 59.7 Å². The molecule has 4 nitrogen and oxygen atoms in total. The fourth-order valence-corrected chi connectivity index (χ4v) is 3.15. The van der Waals surface area contributed by atoms with Gasteiger partial charge in [-0.05, 0) is 17.7 Å². The molecule has 0 saturated carbocycles. The highest BCUT2D eigenvalue weighted by atomic mass is 16.6. The molecular formula is C18H16N2O2. The molecule has 4 rings (SSSR count). The maximum Gasteiger partial charge on any atom is 0.179 e. The summed E-state index contributed by atoms with van der Waals surface area (Å²) >= 11 is 0. The summed E-state index contributed by atoms with van der Waals surface area (Å²) in [4.78, 5) is 2.34. The second kappa shape index (κ2) is 5.36. The first kappa shape index (κ1) is 13.2. The van der Waals surface area contributed by atoms with Crippen LogP contribution in [0, 0.1) is 11.3 Å². The van der Waals surface area contributed by atoms with Crippen molar-refractivity contribution in [1.82, 2.24) is 4.90 Å². The van der Waals surface area contributed by atoms with Gasteiger partial charge in [0.15, 0.2) is 11.5 Å². The molecule has 2 heterocycles. The molecule has 0 amide bonds. The van der Waals surface area contributed by atoms with Crippen molar-refractivity contribution >= 4 is 0 Å². The SMILES string of the molecule is N#Cc1cccc2c1OC1CN(Cc3ccccc3)CC1O2. The predicted octanol–water partition coefficient (Wildman–Crippen LogP) is 2.58. The van der Waals surface area contributed by atoms with E-state index in [9.17, 15) is 5.26 Å². The lowest BCUT2D eigenvalue weighted by Gasteiger charge is -2.29. The van der Waals surface area contributed by atoms with Crippen LogP contribution in [-0.2, 0) is 6.54 Å². The summed E-state index contributed by atoms with van der Waals surface area (Å²) in [6.07, 6.45) is 0.0240. The molecule has 22 heavy (non-hydrogen) atoms. The highest BCUT2D eigenvalue weighted by Gasteiger charge is 2.40. The van der Waals surface area contributed by atoms with Gasteiger partial charge in [0.05, 0.1) is 5.56 Å². The number of likely N-dealkylation sites (tertiary alicyclic amines) is 1. The minimum absolute atomic E-state index is 0.00860. The van der Waals surface area contributed by atoms with E-state index in [0.29, 0.717) is 17.1 Å². The van der Waals surface area contributed by atoms with Crippen molar-refractivity contribution in [3.63, 3.8) is 0 Å². The highest BCUT2D eigenvalue weighted by Crippen LogP contribution is 2.38. The number of ether oxygens (including phenoxy) is 2. The van der Waals surface area contributed by atoms with Gasteiger partial charge in [0, 0.05) is 19.6 Å². The Hall–Kier alpha value is -2.51. The van der Waals surface area contributed by atoms with Gasteiger partial charge in [-0.3, -0.25) is 4.90 Å². The summed E-state index contributed by atoms with van der Waals surface area (Å²) in [5, 5.41) is 9.18. The second-order valence-electron chi connectivity index (χ2n) is 5.74. The summed E-state index contributed by atoms with van der Waals surface area (Å²) < 4.78 is 12.1. The van der Waals surface area contributed by atoms with Crippen molar-refractivity contribution in [2.75, 3.05) is 13.1 Å². The van der Waals surface area contributed by atoms with Crippen LogP contribution < -0.4 is 9.47 Å². The van der Waals surface area contributed by atoms with E-state index in [1.807, 2.05) is 18.2 Å². The Morgan fingerprint density at radius 3 is 2.55 bits per heavy atom. The lowest BCUT2D eigenvalue weighted by molar-refractivity contribution is 0.0549. The van der Waals surface area contributed by atoms with Crippen LogP contribution in [0.5, 0.6) is 11.5 Å². The van der Waals surface area contributed by atoms with Crippen LogP contribution >= 0.6 is 0 Å². The topological polar surface area (TPSA) is 45.5 Å². The Balaban J connectivity index is 1.51. The molecule has 0 bridgehead atoms. The van der Waals surface area contributed by atoms with Gasteiger partial charge in [-0.15, -0.1) is 0 Å². The lowest BCUT2D eigenvalue weighted by atomic mass is 10.1. The standard InChI is InChI=1S/C18H16N2O2/c19-9-14-7-4-8-15-18(14)22-17-12-20(11-16(17)21-15)10-13-5-2-1-3-6-13/h1-8,16-17H,10-12H2. The average molecular weight is 292 g/mol. The largest absolute Gasteiger partial charge is 0.481 e. The molecule has 1 fully saturated rings. The van der Waals surface area contributed by atoms with Crippen LogP contribution in [0.2, 0.25) is 0 Å². The minimum Gasteiger partial charge on any atom is -0.481 e. The van der Waals surface area contributed by atoms with E-state index >= 15 is 0 Å². The number of para-hydroxylation sites is 1. The van der Waals surface area contributed by atoms with Crippen LogP contribution in [0.4, 0.5) is 0 Å². The van der Waals surface area contributed by atoms with Crippen LogP contribution in [0.25, 0.3) is 0 Å². The molecule has 2 atom stereocenters. The average Bonchev–Trinajstić information content (AvgIpc) is 2.94. The molecule has 2 aliphatic rings. The molecule has 2 aromatic carbocycles. The Morgan fingerprint density at radius 1 is 1.00 bits per heavy atom. The Kier molecular flexibility index (Phi) is 3.21. The maximum atomic E-state index is 9.18. The summed E-state index contributed by atoms with van der Waals surface area (Å²) in [6, 6.07) is 18.0. The fourth-order valence-electron chi connectivity index (χ4n) is 3.15. The predicted molar refractivity (Wildman–Crippen MR) is 81.7 cm³/mol. The van der Waals surface area contributed by atoms with Gasteiger partial charge in [-0.2, -0.15) is 5.26 Å². The minimum atomic E-state index is -0.00860. The van der Waals surface area contributed by atoms with Crippen LogP contribution in [0.1, 0.15) is 11.1 Å². The van der Waals surface area contributed by atoms with E-state index in [-0.39, 0.29) is 12.2 Å². The zero-order valence-corrected chi connectivity index (χ0v) is 12.1. The Labute approximate surface area is 129 Å². The first-order valence-corrected chi connectivity index (χ1v) is 7.46. The quantitative estimate of drug-likeness (QED) is 0.853. The molecular weight excluding hydrogens is 276 g/mol. The van der Waals surface area contributed by atoms with Gasteiger partial charge in [-0.1, -0.05) is 36.4 Å². The molecule has 0 aliphatic carbocycles. The number of hydrogen-bond donors (Lipinski definition) is 0. The van der Waals surface area contributed by atoms with Gasteiger partial charge in [0.25, 0.3) is 0 Å². The van der Waals surface area contributed by atoms with Gasteiger partial charge in [0.2, 0.25) is 0 Å². The summed E-state index contributed by atoms with van der Waals surface area (Å²) in [5.41, 5.74) is 1.83. The van der Waals surface area contributed by atoms with E-state index < -0.39 is 0 Å². The zero-order chi connectivity index (χ0) is 14.9.